The Morgan fingerprint density at radius 3 is 2.94 bits per heavy atom. The van der Waals surface area contributed by atoms with Gasteiger partial charge in [-0.2, -0.15) is 0 Å². The number of fused-ring (bicyclic) bond motifs is 1. The van der Waals surface area contributed by atoms with E-state index >= 15 is 0 Å². The fourth-order valence-electron chi connectivity index (χ4n) is 1.81. The van der Waals surface area contributed by atoms with Gasteiger partial charge in [0.05, 0.1) is 11.6 Å². The van der Waals surface area contributed by atoms with Gasteiger partial charge in [-0.05, 0) is 25.5 Å². The van der Waals surface area contributed by atoms with Crippen molar-refractivity contribution in [2.24, 2.45) is 0 Å². The third-order valence-electron chi connectivity index (χ3n) is 2.96. The Balaban J connectivity index is 2.31. The minimum Gasteiger partial charge on any atom is -0.382 e. The molecule has 90 valence electrons. The molecule has 0 bridgehead atoms. The normalized spacial score (nSPS) is 12.6. The molecule has 0 aliphatic carbocycles. The van der Waals surface area contributed by atoms with Gasteiger partial charge in [-0.15, -0.1) is 0 Å². The average Bonchev–Trinajstić information content (AvgIpc) is 2.36. The highest BCUT2D eigenvalue weighted by molar-refractivity contribution is 5.92. The van der Waals surface area contributed by atoms with Crippen LogP contribution in [0.5, 0.6) is 0 Å². The molecule has 2 aromatic rings. The Bertz CT molecular complexity index is 511. The first-order chi connectivity index (χ1) is 8.22. The molecule has 1 unspecified atom stereocenters. The maximum Gasteiger partial charge on any atom is 0.0751 e. The summed E-state index contributed by atoms with van der Waals surface area (Å²) in [4.78, 5) is 4.42. The van der Waals surface area contributed by atoms with Gasteiger partial charge < -0.3 is 10.1 Å². The fourth-order valence-corrected chi connectivity index (χ4v) is 1.81. The van der Waals surface area contributed by atoms with E-state index in [0.29, 0.717) is 0 Å². The first-order valence-corrected chi connectivity index (χ1v) is 5.83. The summed E-state index contributed by atoms with van der Waals surface area (Å²) >= 11 is 0. The monoisotopic (exact) mass is 230 g/mol. The standard InChI is InChI=1S/C14H18N2O/c1-10-5-4-6-12-13(7-8-15-14(10)12)16-9-11(2)17-3/h4-8,11H,9H2,1-3H3,(H,15,16). The Morgan fingerprint density at radius 2 is 2.18 bits per heavy atom. The van der Waals surface area contributed by atoms with Crippen LogP contribution < -0.4 is 5.32 Å². The van der Waals surface area contributed by atoms with Gasteiger partial charge in [0.2, 0.25) is 0 Å². The van der Waals surface area contributed by atoms with Crippen molar-refractivity contribution in [3.8, 4) is 0 Å². The van der Waals surface area contributed by atoms with E-state index in [9.17, 15) is 0 Å². The molecule has 3 heteroatoms. The third kappa shape index (κ3) is 2.56. The minimum absolute atomic E-state index is 0.197. The van der Waals surface area contributed by atoms with E-state index in [1.165, 1.54) is 5.56 Å². The molecule has 0 saturated carbocycles. The maximum absolute atomic E-state index is 5.23. The number of hydrogen-bond donors (Lipinski definition) is 1. The van der Waals surface area contributed by atoms with Crippen LogP contribution in [0.25, 0.3) is 10.9 Å². The molecule has 1 N–H and O–H groups in total. The first kappa shape index (κ1) is 11.9. The lowest BCUT2D eigenvalue weighted by molar-refractivity contribution is 0.129. The molecule has 0 spiro atoms. The molecule has 0 radical (unpaired) electrons. The zero-order valence-electron chi connectivity index (χ0n) is 10.5. The number of benzene rings is 1. The lowest BCUT2D eigenvalue weighted by atomic mass is 10.1. The topological polar surface area (TPSA) is 34.1 Å². The molecule has 0 saturated heterocycles. The van der Waals surface area contributed by atoms with Crippen molar-refractivity contribution in [1.82, 2.24) is 4.98 Å². The number of aromatic nitrogens is 1. The predicted molar refractivity (Wildman–Crippen MR) is 71.4 cm³/mol. The molecule has 0 amide bonds. The molecule has 2 rings (SSSR count). The second kappa shape index (κ2) is 5.15. The second-order valence-corrected chi connectivity index (χ2v) is 4.26. The minimum atomic E-state index is 0.197. The predicted octanol–water partition coefficient (Wildman–Crippen LogP) is 2.99. The van der Waals surface area contributed by atoms with Crippen molar-refractivity contribution in [2.75, 3.05) is 19.0 Å². The van der Waals surface area contributed by atoms with Gasteiger partial charge in [0.15, 0.2) is 0 Å². The number of nitrogens with zero attached hydrogens (tertiary/aromatic N) is 1. The number of ether oxygens (including phenoxy) is 1. The lowest BCUT2D eigenvalue weighted by Crippen LogP contribution is -2.18. The summed E-state index contributed by atoms with van der Waals surface area (Å²) in [7, 11) is 1.72. The van der Waals surface area contributed by atoms with Crippen LogP contribution in [0.1, 0.15) is 12.5 Å². The number of rotatable bonds is 4. The highest BCUT2D eigenvalue weighted by atomic mass is 16.5. The number of para-hydroxylation sites is 1. The number of methoxy groups -OCH3 is 1. The van der Waals surface area contributed by atoms with E-state index in [1.54, 1.807) is 7.11 Å². The molecule has 0 fully saturated rings. The molecule has 1 atom stereocenters. The number of anilines is 1. The lowest BCUT2D eigenvalue weighted by Gasteiger charge is -2.13. The van der Waals surface area contributed by atoms with Crippen molar-refractivity contribution in [2.45, 2.75) is 20.0 Å². The Kier molecular flexibility index (Phi) is 3.59. The van der Waals surface area contributed by atoms with Crippen LogP contribution in [0.3, 0.4) is 0 Å². The number of nitrogens with one attached hydrogen (secondary N) is 1. The summed E-state index contributed by atoms with van der Waals surface area (Å²) < 4.78 is 5.23. The van der Waals surface area contributed by atoms with Crippen molar-refractivity contribution in [3.63, 3.8) is 0 Å². The summed E-state index contributed by atoms with van der Waals surface area (Å²) in [5.41, 5.74) is 3.37. The molecule has 1 heterocycles. The van der Waals surface area contributed by atoms with Crippen LogP contribution in [0, 0.1) is 6.92 Å². The van der Waals surface area contributed by atoms with Crippen LogP contribution in [0.15, 0.2) is 30.5 Å². The van der Waals surface area contributed by atoms with Gasteiger partial charge in [0, 0.05) is 30.9 Å². The van der Waals surface area contributed by atoms with Crippen molar-refractivity contribution in [1.29, 1.82) is 0 Å². The van der Waals surface area contributed by atoms with Crippen LogP contribution >= 0.6 is 0 Å². The largest absolute Gasteiger partial charge is 0.382 e. The molecular weight excluding hydrogens is 212 g/mol. The van der Waals surface area contributed by atoms with E-state index in [0.717, 1.165) is 23.1 Å². The van der Waals surface area contributed by atoms with Crippen LogP contribution in [-0.2, 0) is 4.74 Å². The summed E-state index contributed by atoms with van der Waals surface area (Å²) in [6.07, 6.45) is 2.04. The van der Waals surface area contributed by atoms with Crippen LogP contribution in [0.2, 0.25) is 0 Å². The van der Waals surface area contributed by atoms with E-state index < -0.39 is 0 Å². The zero-order chi connectivity index (χ0) is 12.3. The first-order valence-electron chi connectivity index (χ1n) is 5.83. The van der Waals surface area contributed by atoms with Crippen molar-refractivity contribution < 1.29 is 4.74 Å². The van der Waals surface area contributed by atoms with E-state index in [-0.39, 0.29) is 6.10 Å². The van der Waals surface area contributed by atoms with Gasteiger partial charge in [-0.25, -0.2) is 0 Å². The highest BCUT2D eigenvalue weighted by Crippen LogP contribution is 2.23. The van der Waals surface area contributed by atoms with Crippen molar-refractivity contribution in [3.05, 3.63) is 36.0 Å². The summed E-state index contributed by atoms with van der Waals surface area (Å²) in [5, 5.41) is 4.56. The molecule has 0 aliphatic heterocycles. The highest BCUT2D eigenvalue weighted by Gasteiger charge is 2.04. The van der Waals surface area contributed by atoms with Gasteiger partial charge in [-0.1, -0.05) is 18.2 Å². The third-order valence-corrected chi connectivity index (χ3v) is 2.96. The SMILES string of the molecule is COC(C)CNc1ccnc2c(C)cccc12. The Hall–Kier alpha value is -1.61. The second-order valence-electron chi connectivity index (χ2n) is 4.26. The van der Waals surface area contributed by atoms with Crippen LogP contribution in [-0.4, -0.2) is 24.7 Å². The molecule has 1 aromatic heterocycles. The molecule has 17 heavy (non-hydrogen) atoms. The number of hydrogen-bond acceptors (Lipinski definition) is 3. The van der Waals surface area contributed by atoms with E-state index in [2.05, 4.69) is 35.4 Å². The number of pyridine rings is 1. The smallest absolute Gasteiger partial charge is 0.0751 e. The van der Waals surface area contributed by atoms with Gasteiger partial charge in [-0.3, -0.25) is 4.98 Å². The molecule has 1 aromatic carbocycles. The summed E-state index contributed by atoms with van der Waals surface area (Å²) in [6, 6.07) is 8.24. The molecule has 0 aliphatic rings. The van der Waals surface area contributed by atoms with Gasteiger partial charge in [0.1, 0.15) is 0 Å². The summed E-state index contributed by atoms with van der Waals surface area (Å²) in [6.45, 7) is 4.92. The Morgan fingerprint density at radius 1 is 1.35 bits per heavy atom. The average molecular weight is 230 g/mol. The maximum atomic E-state index is 5.23. The van der Waals surface area contributed by atoms with Crippen LogP contribution in [0.4, 0.5) is 5.69 Å². The van der Waals surface area contributed by atoms with E-state index in [4.69, 9.17) is 4.74 Å². The van der Waals surface area contributed by atoms with E-state index in [1.807, 2.05) is 19.2 Å². The quantitative estimate of drug-likeness (QED) is 0.876. The van der Waals surface area contributed by atoms with Crippen molar-refractivity contribution >= 4 is 16.6 Å². The zero-order valence-corrected chi connectivity index (χ0v) is 10.5. The molecule has 3 nitrogen and oxygen atoms in total. The molecular formula is C14H18N2O. The van der Waals surface area contributed by atoms with Gasteiger partial charge in [0.25, 0.3) is 0 Å². The van der Waals surface area contributed by atoms with Gasteiger partial charge >= 0.3 is 0 Å². The Labute approximate surface area is 102 Å². The fraction of sp³-hybridized carbons (Fsp3) is 0.357. The summed E-state index contributed by atoms with van der Waals surface area (Å²) in [5.74, 6) is 0. The number of aryl methyl sites for hydroxylation is 1.